The summed E-state index contributed by atoms with van der Waals surface area (Å²) < 4.78 is 57.9. The highest BCUT2D eigenvalue weighted by Gasteiger charge is 2.38. The van der Waals surface area contributed by atoms with Crippen molar-refractivity contribution in [3.63, 3.8) is 0 Å². The molecule has 0 aliphatic carbocycles. The van der Waals surface area contributed by atoms with Gasteiger partial charge in [0.1, 0.15) is 10.3 Å². The van der Waals surface area contributed by atoms with E-state index >= 15 is 0 Å². The molecule has 1 atom stereocenters. The summed E-state index contributed by atoms with van der Waals surface area (Å²) in [7, 11) is -7.26. The van der Waals surface area contributed by atoms with Crippen LogP contribution in [0, 0.1) is 0 Å². The van der Waals surface area contributed by atoms with Gasteiger partial charge in [-0.1, -0.05) is 35.3 Å². The fraction of sp³-hybridized carbons (Fsp3) is 0.409. The second-order valence-corrected chi connectivity index (χ2v) is 14.9. The van der Waals surface area contributed by atoms with Crippen molar-refractivity contribution in [2.45, 2.75) is 59.9 Å². The largest absolute Gasteiger partial charge is 0.407 e. The number of carbonyl (C=O) groups excluding carboxylic acids is 1. The Morgan fingerprint density at radius 3 is 2.50 bits per heavy atom. The van der Waals surface area contributed by atoms with E-state index in [1.807, 2.05) is 0 Å². The maximum absolute atomic E-state index is 13.1. The second kappa shape index (κ2) is 10.6. The van der Waals surface area contributed by atoms with E-state index in [4.69, 9.17) is 16.0 Å². The normalized spacial score (nSPS) is 17.4. The van der Waals surface area contributed by atoms with Crippen LogP contribution in [0.1, 0.15) is 44.6 Å². The zero-order valence-electron chi connectivity index (χ0n) is 19.5. The van der Waals surface area contributed by atoms with Crippen molar-refractivity contribution >= 4 is 54.7 Å². The average Bonchev–Trinajstić information content (AvgIpc) is 3.48. The molecule has 1 unspecified atom stereocenters. The van der Waals surface area contributed by atoms with Gasteiger partial charge in [-0.2, -0.15) is 4.31 Å². The number of thiophene rings is 1. The average molecular weight is 573 g/mol. The lowest BCUT2D eigenvalue weighted by atomic mass is 10.0. The first-order valence-corrected chi connectivity index (χ1v) is 15.4. The first kappa shape index (κ1) is 26.7. The summed E-state index contributed by atoms with van der Waals surface area (Å²) in [6.07, 6.45) is 1.93. The molecular formula is C22H25ClN4O6S3. The molecule has 10 nitrogen and oxygen atoms in total. The molecule has 1 amide bonds. The number of sulfone groups is 1. The standard InChI is InChI=1S/C22H25ClN4O6S3/c1-14(2)35(29,30)16-8-6-15(7-9-16)13-19-25-26-22(33-19)24-21(28)17-5-3-4-12-27(17)36(31,32)20-11-10-18(23)34-20/h6-11,14,17H,3-5,12-13H2,1-2H3,(H,24,26,28). The van der Waals surface area contributed by atoms with Gasteiger partial charge in [0.25, 0.3) is 10.0 Å². The van der Waals surface area contributed by atoms with Gasteiger partial charge in [-0.15, -0.1) is 16.4 Å². The van der Waals surface area contributed by atoms with Crippen LogP contribution in [-0.2, 0) is 31.1 Å². The topological polar surface area (TPSA) is 140 Å². The van der Waals surface area contributed by atoms with E-state index in [1.54, 1.807) is 26.0 Å². The van der Waals surface area contributed by atoms with E-state index in [1.165, 1.54) is 28.6 Å². The first-order valence-electron chi connectivity index (χ1n) is 11.2. The number of halogens is 1. The number of nitrogens with one attached hydrogen (secondary N) is 1. The van der Waals surface area contributed by atoms with Gasteiger partial charge in [0.15, 0.2) is 9.84 Å². The molecule has 14 heteroatoms. The number of aromatic nitrogens is 2. The van der Waals surface area contributed by atoms with Crippen molar-refractivity contribution in [1.29, 1.82) is 0 Å². The van der Waals surface area contributed by atoms with Crippen LogP contribution in [0.2, 0.25) is 4.34 Å². The van der Waals surface area contributed by atoms with Crippen LogP contribution in [0.25, 0.3) is 0 Å². The lowest BCUT2D eigenvalue weighted by Crippen LogP contribution is -2.49. The quantitative estimate of drug-likeness (QED) is 0.430. The van der Waals surface area contributed by atoms with Gasteiger partial charge in [0.05, 0.1) is 20.9 Å². The van der Waals surface area contributed by atoms with Crippen molar-refractivity contribution in [2.24, 2.45) is 0 Å². The van der Waals surface area contributed by atoms with E-state index < -0.39 is 37.1 Å². The lowest BCUT2D eigenvalue weighted by molar-refractivity contribution is -0.120. The van der Waals surface area contributed by atoms with Gasteiger partial charge in [-0.05, 0) is 56.5 Å². The molecular weight excluding hydrogens is 548 g/mol. The number of benzene rings is 1. The smallest absolute Gasteiger partial charge is 0.322 e. The lowest BCUT2D eigenvalue weighted by Gasteiger charge is -2.32. The Morgan fingerprint density at radius 1 is 1.14 bits per heavy atom. The third-order valence-corrected chi connectivity index (χ3v) is 11.6. The van der Waals surface area contributed by atoms with Crippen LogP contribution >= 0.6 is 22.9 Å². The Kier molecular flexibility index (Phi) is 7.86. The molecule has 4 rings (SSSR count). The van der Waals surface area contributed by atoms with E-state index in [0.29, 0.717) is 23.6 Å². The molecule has 36 heavy (non-hydrogen) atoms. The van der Waals surface area contributed by atoms with Crippen molar-refractivity contribution in [2.75, 3.05) is 11.9 Å². The van der Waals surface area contributed by atoms with Gasteiger partial charge < -0.3 is 4.42 Å². The predicted molar refractivity (Wildman–Crippen MR) is 135 cm³/mol. The van der Waals surface area contributed by atoms with Gasteiger partial charge in [-0.3, -0.25) is 10.1 Å². The molecule has 0 spiro atoms. The molecule has 3 heterocycles. The predicted octanol–water partition coefficient (Wildman–Crippen LogP) is 3.74. The number of piperidine rings is 1. The molecule has 0 saturated carbocycles. The van der Waals surface area contributed by atoms with Crippen LogP contribution in [0.5, 0.6) is 0 Å². The summed E-state index contributed by atoms with van der Waals surface area (Å²) in [6.45, 7) is 3.46. The summed E-state index contributed by atoms with van der Waals surface area (Å²) in [5, 5.41) is 9.79. The summed E-state index contributed by atoms with van der Waals surface area (Å²) in [6, 6.07) is 8.27. The Hall–Kier alpha value is -2.32. The van der Waals surface area contributed by atoms with E-state index in [-0.39, 0.29) is 34.0 Å². The number of hydrogen-bond acceptors (Lipinski definition) is 9. The van der Waals surface area contributed by atoms with E-state index in [0.717, 1.165) is 16.9 Å². The second-order valence-electron chi connectivity index (χ2n) is 8.59. The molecule has 1 N–H and O–H groups in total. The minimum absolute atomic E-state index is 0.0829. The number of carbonyl (C=O) groups is 1. The highest BCUT2D eigenvalue weighted by atomic mass is 35.5. The third-order valence-electron chi connectivity index (χ3n) is 5.79. The molecule has 2 aromatic heterocycles. The van der Waals surface area contributed by atoms with E-state index in [2.05, 4.69) is 15.5 Å². The number of hydrogen-bond donors (Lipinski definition) is 1. The van der Waals surface area contributed by atoms with Gasteiger partial charge in [0.2, 0.25) is 11.8 Å². The summed E-state index contributed by atoms with van der Waals surface area (Å²) in [5.74, 6) is -0.342. The van der Waals surface area contributed by atoms with Crippen LogP contribution in [0.4, 0.5) is 6.01 Å². The molecule has 3 aromatic rings. The van der Waals surface area contributed by atoms with Crippen LogP contribution in [0.15, 0.2) is 49.9 Å². The fourth-order valence-electron chi connectivity index (χ4n) is 3.81. The monoisotopic (exact) mass is 572 g/mol. The van der Waals surface area contributed by atoms with Crippen LogP contribution < -0.4 is 5.32 Å². The third kappa shape index (κ3) is 5.65. The Balaban J connectivity index is 1.44. The van der Waals surface area contributed by atoms with Crippen molar-refractivity contribution in [3.05, 3.63) is 52.2 Å². The van der Waals surface area contributed by atoms with Crippen molar-refractivity contribution in [1.82, 2.24) is 14.5 Å². The Morgan fingerprint density at radius 2 is 1.86 bits per heavy atom. The fourth-order valence-corrected chi connectivity index (χ4v) is 8.14. The van der Waals surface area contributed by atoms with Crippen molar-refractivity contribution in [3.8, 4) is 0 Å². The highest BCUT2D eigenvalue weighted by molar-refractivity contribution is 7.92. The molecule has 0 bridgehead atoms. The summed E-state index contributed by atoms with van der Waals surface area (Å²) in [4.78, 5) is 13.2. The first-order chi connectivity index (χ1) is 17.0. The summed E-state index contributed by atoms with van der Waals surface area (Å²) in [5.41, 5.74) is 0.749. The number of sulfonamides is 1. The molecule has 194 valence electrons. The Labute approximate surface area is 218 Å². The van der Waals surface area contributed by atoms with Crippen LogP contribution in [0.3, 0.4) is 0 Å². The zero-order valence-corrected chi connectivity index (χ0v) is 22.8. The van der Waals surface area contributed by atoms with E-state index in [9.17, 15) is 21.6 Å². The molecule has 1 aliphatic rings. The molecule has 1 aromatic carbocycles. The van der Waals surface area contributed by atoms with Gasteiger partial charge in [0, 0.05) is 6.54 Å². The number of nitrogens with zero attached hydrogens (tertiary/aromatic N) is 3. The van der Waals surface area contributed by atoms with Crippen LogP contribution in [-0.4, -0.2) is 55.1 Å². The molecule has 1 fully saturated rings. The highest BCUT2D eigenvalue weighted by Crippen LogP contribution is 2.32. The number of anilines is 1. The minimum Gasteiger partial charge on any atom is -0.407 e. The molecule has 1 aliphatic heterocycles. The molecule has 1 saturated heterocycles. The van der Waals surface area contributed by atoms with Crippen molar-refractivity contribution < 1.29 is 26.0 Å². The maximum atomic E-state index is 13.1. The Bertz CT molecular complexity index is 1450. The maximum Gasteiger partial charge on any atom is 0.322 e. The number of amides is 1. The minimum atomic E-state index is -3.89. The summed E-state index contributed by atoms with van der Waals surface area (Å²) >= 11 is 6.86. The molecule has 0 radical (unpaired) electrons. The van der Waals surface area contributed by atoms with Gasteiger partial charge in [-0.25, -0.2) is 16.8 Å². The zero-order chi connectivity index (χ0) is 26.1. The number of rotatable bonds is 8. The van der Waals surface area contributed by atoms with Gasteiger partial charge >= 0.3 is 6.01 Å². The SMILES string of the molecule is CC(C)S(=O)(=O)c1ccc(Cc2nnc(NC(=O)C3CCCCN3S(=O)(=O)c3ccc(Cl)s3)o2)cc1.